The first kappa shape index (κ1) is 15.3. The van der Waals surface area contributed by atoms with Gasteiger partial charge in [0.1, 0.15) is 23.7 Å². The number of carboxylic acid groups (broad SMARTS) is 1. The van der Waals surface area contributed by atoms with Gasteiger partial charge in [-0.3, -0.25) is 4.98 Å². The quantitative estimate of drug-likeness (QED) is 0.937. The van der Waals surface area contributed by atoms with Crippen LogP contribution in [-0.2, 0) is 13.0 Å². The third-order valence-corrected chi connectivity index (χ3v) is 3.90. The van der Waals surface area contributed by atoms with E-state index in [1.165, 1.54) is 0 Å². The Morgan fingerprint density at radius 2 is 2.22 bits per heavy atom. The standard InChI is InChI=1S/C18H19NO4/c1-11-12(5-4-6-19-11)10-22-15-7-13(17(20)21)8-16-14(15)9-18(2,3)23-16/h4-8H,9-10H2,1-3H3,(H,20,21). The molecule has 0 saturated carbocycles. The molecule has 120 valence electrons. The van der Waals surface area contributed by atoms with Crippen molar-refractivity contribution in [1.82, 2.24) is 4.98 Å². The average molecular weight is 313 g/mol. The predicted molar refractivity (Wildman–Crippen MR) is 85.1 cm³/mol. The van der Waals surface area contributed by atoms with E-state index >= 15 is 0 Å². The van der Waals surface area contributed by atoms with E-state index in [9.17, 15) is 9.90 Å². The largest absolute Gasteiger partial charge is 0.488 e. The van der Waals surface area contributed by atoms with E-state index in [-0.39, 0.29) is 11.2 Å². The summed E-state index contributed by atoms with van der Waals surface area (Å²) in [7, 11) is 0. The highest BCUT2D eigenvalue weighted by atomic mass is 16.5. The Morgan fingerprint density at radius 3 is 2.91 bits per heavy atom. The van der Waals surface area contributed by atoms with Gasteiger partial charge in [0.25, 0.3) is 0 Å². The van der Waals surface area contributed by atoms with Crippen LogP contribution < -0.4 is 9.47 Å². The number of benzene rings is 1. The number of carbonyl (C=O) groups is 1. The number of aryl methyl sites for hydroxylation is 1. The highest BCUT2D eigenvalue weighted by Crippen LogP contribution is 2.41. The molecule has 1 aliphatic heterocycles. The molecular formula is C18H19NO4. The number of rotatable bonds is 4. The second-order valence-electron chi connectivity index (χ2n) is 6.33. The maximum absolute atomic E-state index is 11.3. The number of hydrogen-bond acceptors (Lipinski definition) is 4. The fourth-order valence-electron chi connectivity index (χ4n) is 2.72. The van der Waals surface area contributed by atoms with Crippen molar-refractivity contribution in [3.63, 3.8) is 0 Å². The normalized spacial score (nSPS) is 14.9. The third kappa shape index (κ3) is 3.13. The van der Waals surface area contributed by atoms with Crippen molar-refractivity contribution in [1.29, 1.82) is 0 Å². The number of fused-ring (bicyclic) bond motifs is 1. The Labute approximate surface area is 134 Å². The maximum atomic E-state index is 11.3. The van der Waals surface area contributed by atoms with Gasteiger partial charge in [-0.1, -0.05) is 6.07 Å². The van der Waals surface area contributed by atoms with E-state index in [4.69, 9.17) is 9.47 Å². The minimum Gasteiger partial charge on any atom is -0.488 e. The van der Waals surface area contributed by atoms with Crippen molar-refractivity contribution in [3.05, 3.63) is 52.8 Å². The van der Waals surface area contributed by atoms with Crippen molar-refractivity contribution in [2.75, 3.05) is 0 Å². The molecule has 1 aromatic heterocycles. The van der Waals surface area contributed by atoms with Crippen LogP contribution >= 0.6 is 0 Å². The Morgan fingerprint density at radius 1 is 1.43 bits per heavy atom. The minimum absolute atomic E-state index is 0.166. The Bertz CT molecular complexity index is 768. The van der Waals surface area contributed by atoms with Crippen LogP contribution in [0.5, 0.6) is 11.5 Å². The summed E-state index contributed by atoms with van der Waals surface area (Å²) in [4.78, 5) is 15.6. The van der Waals surface area contributed by atoms with Gasteiger partial charge in [-0.2, -0.15) is 0 Å². The van der Waals surface area contributed by atoms with Crippen LogP contribution in [0, 0.1) is 6.92 Å². The lowest BCUT2D eigenvalue weighted by Crippen LogP contribution is -2.24. The molecule has 1 aromatic carbocycles. The summed E-state index contributed by atoms with van der Waals surface area (Å²) >= 11 is 0. The molecular weight excluding hydrogens is 294 g/mol. The van der Waals surface area contributed by atoms with E-state index < -0.39 is 5.97 Å². The summed E-state index contributed by atoms with van der Waals surface area (Å²) in [6.07, 6.45) is 2.42. The molecule has 0 unspecified atom stereocenters. The molecule has 1 aliphatic rings. The maximum Gasteiger partial charge on any atom is 0.335 e. The lowest BCUT2D eigenvalue weighted by Gasteiger charge is -2.16. The molecule has 5 heteroatoms. The van der Waals surface area contributed by atoms with Gasteiger partial charge in [0.15, 0.2) is 0 Å². The van der Waals surface area contributed by atoms with Crippen LogP contribution in [0.1, 0.15) is 41.0 Å². The second-order valence-corrected chi connectivity index (χ2v) is 6.33. The molecule has 23 heavy (non-hydrogen) atoms. The van der Waals surface area contributed by atoms with Gasteiger partial charge < -0.3 is 14.6 Å². The Kier molecular flexibility index (Phi) is 3.72. The number of ether oxygens (including phenoxy) is 2. The third-order valence-electron chi connectivity index (χ3n) is 3.90. The average Bonchev–Trinajstić information content (AvgIpc) is 2.80. The van der Waals surface area contributed by atoms with Gasteiger partial charge >= 0.3 is 5.97 Å². The number of carboxylic acids is 1. The molecule has 1 N–H and O–H groups in total. The van der Waals surface area contributed by atoms with Crippen LogP contribution in [-0.4, -0.2) is 21.7 Å². The Hall–Kier alpha value is -2.56. The molecule has 3 rings (SSSR count). The fraction of sp³-hybridized carbons (Fsp3) is 0.333. The number of aromatic nitrogens is 1. The van der Waals surface area contributed by atoms with Crippen molar-refractivity contribution >= 4 is 5.97 Å². The number of pyridine rings is 1. The molecule has 0 fully saturated rings. The van der Waals surface area contributed by atoms with E-state index in [0.717, 1.165) is 16.8 Å². The zero-order valence-electron chi connectivity index (χ0n) is 13.4. The van der Waals surface area contributed by atoms with Gasteiger partial charge in [-0.15, -0.1) is 0 Å². The van der Waals surface area contributed by atoms with Gasteiger partial charge in [0.2, 0.25) is 0 Å². The molecule has 5 nitrogen and oxygen atoms in total. The summed E-state index contributed by atoms with van der Waals surface area (Å²) in [6, 6.07) is 6.94. The molecule has 0 bridgehead atoms. The zero-order chi connectivity index (χ0) is 16.6. The fourth-order valence-corrected chi connectivity index (χ4v) is 2.72. The molecule has 2 aromatic rings. The van der Waals surface area contributed by atoms with E-state index in [0.29, 0.717) is 24.5 Å². The first-order chi connectivity index (χ1) is 10.9. The molecule has 0 atom stereocenters. The molecule has 0 amide bonds. The number of aromatic carboxylic acids is 1. The summed E-state index contributed by atoms with van der Waals surface area (Å²) < 4.78 is 11.8. The molecule has 0 radical (unpaired) electrons. The smallest absolute Gasteiger partial charge is 0.335 e. The molecule has 0 aliphatic carbocycles. The first-order valence-electron chi connectivity index (χ1n) is 7.48. The van der Waals surface area contributed by atoms with Crippen molar-refractivity contribution in [2.24, 2.45) is 0 Å². The van der Waals surface area contributed by atoms with E-state index in [1.54, 1.807) is 18.3 Å². The monoisotopic (exact) mass is 313 g/mol. The topological polar surface area (TPSA) is 68.7 Å². The molecule has 2 heterocycles. The van der Waals surface area contributed by atoms with Crippen molar-refractivity contribution in [2.45, 2.75) is 39.4 Å². The second kappa shape index (κ2) is 5.57. The van der Waals surface area contributed by atoms with Crippen molar-refractivity contribution < 1.29 is 19.4 Å². The van der Waals surface area contributed by atoms with E-state index in [2.05, 4.69) is 4.98 Å². The van der Waals surface area contributed by atoms with Crippen LogP contribution in [0.25, 0.3) is 0 Å². The van der Waals surface area contributed by atoms with Crippen LogP contribution in [0.2, 0.25) is 0 Å². The predicted octanol–water partition coefficient (Wildman–Crippen LogP) is 3.38. The van der Waals surface area contributed by atoms with Gasteiger partial charge in [-0.05, 0) is 39.0 Å². The lowest BCUT2D eigenvalue weighted by atomic mass is 10.00. The number of hydrogen-bond donors (Lipinski definition) is 1. The summed E-state index contributed by atoms with van der Waals surface area (Å²) in [6.45, 7) is 6.21. The van der Waals surface area contributed by atoms with E-state index in [1.807, 2.05) is 32.9 Å². The summed E-state index contributed by atoms with van der Waals surface area (Å²) in [5.41, 5.74) is 2.60. The van der Waals surface area contributed by atoms with Gasteiger partial charge in [-0.25, -0.2) is 4.79 Å². The summed E-state index contributed by atoms with van der Waals surface area (Å²) in [5.74, 6) is 0.157. The highest BCUT2D eigenvalue weighted by molar-refractivity contribution is 5.89. The highest BCUT2D eigenvalue weighted by Gasteiger charge is 2.33. The van der Waals surface area contributed by atoms with Gasteiger partial charge in [0.05, 0.1) is 5.56 Å². The number of nitrogens with zero attached hydrogens (tertiary/aromatic N) is 1. The van der Waals surface area contributed by atoms with Gasteiger partial charge in [0, 0.05) is 29.4 Å². The first-order valence-corrected chi connectivity index (χ1v) is 7.48. The zero-order valence-corrected chi connectivity index (χ0v) is 13.4. The van der Waals surface area contributed by atoms with Crippen LogP contribution in [0.4, 0.5) is 0 Å². The molecule has 0 spiro atoms. The Balaban J connectivity index is 1.93. The molecule has 0 saturated heterocycles. The van der Waals surface area contributed by atoms with Crippen molar-refractivity contribution in [3.8, 4) is 11.5 Å². The lowest BCUT2D eigenvalue weighted by molar-refractivity contribution is 0.0695. The minimum atomic E-state index is -0.997. The SMILES string of the molecule is Cc1ncccc1COc1cc(C(=O)O)cc2c1CC(C)(C)O2. The van der Waals surface area contributed by atoms with Crippen LogP contribution in [0.15, 0.2) is 30.5 Å². The summed E-state index contributed by atoms with van der Waals surface area (Å²) in [5, 5.41) is 9.28. The van der Waals surface area contributed by atoms with Crippen LogP contribution in [0.3, 0.4) is 0 Å².